The minimum atomic E-state index is -1.62. The zero-order valence-electron chi connectivity index (χ0n) is 17.8. The van der Waals surface area contributed by atoms with E-state index < -0.39 is 61.4 Å². The summed E-state index contributed by atoms with van der Waals surface area (Å²) in [5, 5.41) is 60.5. The molecule has 12 heteroatoms. The molecular weight excluding hydrogens is 432 g/mol. The van der Waals surface area contributed by atoms with Gasteiger partial charge >= 0.3 is 0 Å². The van der Waals surface area contributed by atoms with Gasteiger partial charge in [0.15, 0.2) is 17.8 Å². The molecule has 3 rings (SSSR count). The van der Waals surface area contributed by atoms with Crippen LogP contribution in [0.25, 0.3) is 0 Å². The minimum absolute atomic E-state index is 0.243. The van der Waals surface area contributed by atoms with Crippen LogP contribution >= 0.6 is 0 Å². The molecule has 2 aliphatic rings. The van der Waals surface area contributed by atoms with Crippen LogP contribution in [0.2, 0.25) is 0 Å². The Labute approximate surface area is 184 Å². The predicted octanol–water partition coefficient (Wildman–Crippen LogP) is -2.27. The summed E-state index contributed by atoms with van der Waals surface area (Å²) in [4.78, 5) is 0. The first-order chi connectivity index (χ1) is 15.2. The highest BCUT2D eigenvalue weighted by Gasteiger charge is 2.47. The quantitative estimate of drug-likeness (QED) is 0.257. The molecule has 1 aromatic carbocycles. The third-order valence-corrected chi connectivity index (χ3v) is 5.51. The molecule has 0 spiro atoms. The van der Waals surface area contributed by atoms with Gasteiger partial charge in [0.25, 0.3) is 0 Å². The lowest BCUT2D eigenvalue weighted by Gasteiger charge is -2.42. The van der Waals surface area contributed by atoms with E-state index in [1.807, 2.05) is 0 Å². The highest BCUT2D eigenvalue weighted by molar-refractivity contribution is 5.45. The summed E-state index contributed by atoms with van der Waals surface area (Å²) in [7, 11) is 2.92. The summed E-state index contributed by atoms with van der Waals surface area (Å²) in [5.41, 5.74) is 0. The van der Waals surface area contributed by atoms with Gasteiger partial charge in [-0.05, 0) is 19.1 Å². The lowest BCUT2D eigenvalue weighted by molar-refractivity contribution is -0.318. The van der Waals surface area contributed by atoms with Crippen LogP contribution in [-0.2, 0) is 14.2 Å². The molecule has 182 valence electrons. The predicted molar refractivity (Wildman–Crippen MR) is 105 cm³/mol. The Morgan fingerprint density at radius 1 is 0.750 bits per heavy atom. The summed E-state index contributed by atoms with van der Waals surface area (Å²) < 4.78 is 32.3. The smallest absolute Gasteiger partial charge is 0.229 e. The Kier molecular flexibility index (Phi) is 8.14. The number of hydrogen-bond donors (Lipinski definition) is 6. The van der Waals surface area contributed by atoms with E-state index in [4.69, 9.17) is 28.4 Å². The second-order valence-electron chi connectivity index (χ2n) is 7.66. The first kappa shape index (κ1) is 24.9. The Morgan fingerprint density at radius 2 is 1.38 bits per heavy atom. The Hall–Kier alpha value is -1.74. The van der Waals surface area contributed by atoms with Gasteiger partial charge in [-0.15, -0.1) is 0 Å². The van der Waals surface area contributed by atoms with E-state index in [2.05, 4.69) is 0 Å². The van der Waals surface area contributed by atoms with Crippen LogP contribution in [0.5, 0.6) is 17.2 Å². The number of aliphatic hydroxyl groups excluding tert-OH is 6. The average Bonchev–Trinajstić information content (AvgIpc) is 2.79. The zero-order valence-corrected chi connectivity index (χ0v) is 17.8. The van der Waals surface area contributed by atoms with Crippen LogP contribution in [0.15, 0.2) is 18.2 Å². The molecule has 0 amide bonds. The van der Waals surface area contributed by atoms with Gasteiger partial charge in [-0.3, -0.25) is 0 Å². The molecule has 2 saturated heterocycles. The van der Waals surface area contributed by atoms with Gasteiger partial charge in [0.1, 0.15) is 48.5 Å². The third-order valence-electron chi connectivity index (χ3n) is 5.51. The van der Waals surface area contributed by atoms with E-state index in [1.165, 1.54) is 27.2 Å². The fourth-order valence-corrected chi connectivity index (χ4v) is 3.52. The van der Waals surface area contributed by atoms with Crippen LogP contribution in [0.3, 0.4) is 0 Å². The molecule has 2 heterocycles. The lowest BCUT2D eigenvalue weighted by Crippen LogP contribution is -2.61. The van der Waals surface area contributed by atoms with Gasteiger partial charge in [-0.25, -0.2) is 0 Å². The number of methoxy groups -OCH3 is 2. The highest BCUT2D eigenvalue weighted by Crippen LogP contribution is 2.33. The lowest BCUT2D eigenvalue weighted by atomic mass is 9.98. The molecule has 0 aromatic heterocycles. The maximum absolute atomic E-state index is 10.3. The molecule has 10 atom stereocenters. The third kappa shape index (κ3) is 5.09. The normalized spacial score (nSPS) is 40.0. The number of hydrogen-bond acceptors (Lipinski definition) is 12. The number of aliphatic hydroxyl groups is 6. The number of ether oxygens (including phenoxy) is 6. The molecule has 0 unspecified atom stereocenters. The molecule has 0 saturated carbocycles. The van der Waals surface area contributed by atoms with Crippen molar-refractivity contribution in [1.29, 1.82) is 0 Å². The van der Waals surface area contributed by atoms with Crippen molar-refractivity contribution in [3.05, 3.63) is 18.2 Å². The second kappa shape index (κ2) is 10.5. The Balaban J connectivity index is 1.66. The molecule has 6 N–H and O–H groups in total. The van der Waals surface area contributed by atoms with E-state index in [1.54, 1.807) is 12.1 Å². The van der Waals surface area contributed by atoms with Crippen molar-refractivity contribution in [2.75, 3.05) is 20.8 Å². The van der Waals surface area contributed by atoms with Crippen molar-refractivity contribution in [3.63, 3.8) is 0 Å². The molecule has 2 aliphatic heterocycles. The Morgan fingerprint density at radius 3 is 2.03 bits per heavy atom. The summed E-state index contributed by atoms with van der Waals surface area (Å²) in [5.74, 6) is 1.07. The largest absolute Gasteiger partial charge is 0.493 e. The standard InChI is InChI=1S/C20H30O12/c1-8-13(21)15(23)17(25)19(30-8)29-7-12-14(22)16(24)18(26)20(32-12)31-9-4-5-10(27-2)11(6-9)28-3/h4-6,8,12-26H,7H2,1-3H3/t8-,12-,13+,14-,15-,16+,17-,18+,19-,20-/m1/s1. The van der Waals surface area contributed by atoms with Gasteiger partial charge in [-0.2, -0.15) is 0 Å². The first-order valence-corrected chi connectivity index (χ1v) is 10.1. The zero-order chi connectivity index (χ0) is 23.6. The topological polar surface area (TPSA) is 177 Å². The molecule has 0 radical (unpaired) electrons. The van der Waals surface area contributed by atoms with Gasteiger partial charge in [0, 0.05) is 6.07 Å². The van der Waals surface area contributed by atoms with E-state index in [0.29, 0.717) is 11.5 Å². The van der Waals surface area contributed by atoms with Crippen molar-refractivity contribution >= 4 is 0 Å². The Bertz CT molecular complexity index is 747. The van der Waals surface area contributed by atoms with Crippen molar-refractivity contribution in [2.45, 2.75) is 68.3 Å². The van der Waals surface area contributed by atoms with E-state index in [-0.39, 0.29) is 12.4 Å². The van der Waals surface area contributed by atoms with E-state index in [0.717, 1.165) is 0 Å². The average molecular weight is 462 g/mol. The maximum Gasteiger partial charge on any atom is 0.229 e. The summed E-state index contributed by atoms with van der Waals surface area (Å²) >= 11 is 0. The van der Waals surface area contributed by atoms with Crippen molar-refractivity contribution in [1.82, 2.24) is 0 Å². The highest BCUT2D eigenvalue weighted by atomic mass is 16.7. The molecule has 32 heavy (non-hydrogen) atoms. The first-order valence-electron chi connectivity index (χ1n) is 10.1. The van der Waals surface area contributed by atoms with Crippen molar-refractivity contribution in [2.24, 2.45) is 0 Å². The van der Waals surface area contributed by atoms with Gasteiger partial charge in [0.2, 0.25) is 6.29 Å². The molecule has 2 fully saturated rings. The monoisotopic (exact) mass is 462 g/mol. The molecule has 0 aliphatic carbocycles. The SMILES string of the molecule is COc1ccc(O[C@@H]2O[C@H](CO[C@@H]3O[C@H](C)[C@H](O)[C@@H](O)[C@H]3O)[C@@H](O)[C@H](O)[C@@H]2O)cc1OC. The van der Waals surface area contributed by atoms with Gasteiger partial charge in [-0.1, -0.05) is 0 Å². The van der Waals surface area contributed by atoms with Crippen LogP contribution in [0.4, 0.5) is 0 Å². The molecular formula is C20H30O12. The summed E-state index contributed by atoms with van der Waals surface area (Å²) in [6.45, 7) is 1.11. The fraction of sp³-hybridized carbons (Fsp3) is 0.700. The molecule has 0 bridgehead atoms. The molecule has 1 aromatic rings. The number of benzene rings is 1. The van der Waals surface area contributed by atoms with E-state index >= 15 is 0 Å². The van der Waals surface area contributed by atoms with Crippen molar-refractivity contribution in [3.8, 4) is 17.2 Å². The fourth-order valence-electron chi connectivity index (χ4n) is 3.52. The van der Waals surface area contributed by atoms with Crippen LogP contribution in [0, 0.1) is 0 Å². The van der Waals surface area contributed by atoms with Crippen molar-refractivity contribution < 1.29 is 59.1 Å². The van der Waals surface area contributed by atoms with Gasteiger partial charge < -0.3 is 59.1 Å². The van der Waals surface area contributed by atoms with Crippen LogP contribution < -0.4 is 14.2 Å². The molecule has 12 nitrogen and oxygen atoms in total. The second-order valence-corrected chi connectivity index (χ2v) is 7.66. The van der Waals surface area contributed by atoms with Gasteiger partial charge in [0.05, 0.1) is 26.9 Å². The van der Waals surface area contributed by atoms with Crippen LogP contribution in [0.1, 0.15) is 6.92 Å². The number of rotatable bonds is 7. The van der Waals surface area contributed by atoms with Crippen LogP contribution in [-0.4, -0.2) is 113 Å². The summed E-state index contributed by atoms with van der Waals surface area (Å²) in [6, 6.07) is 4.62. The maximum atomic E-state index is 10.3. The van der Waals surface area contributed by atoms with E-state index in [9.17, 15) is 30.6 Å². The summed E-state index contributed by atoms with van der Waals surface area (Å²) in [6.07, 6.45) is -13.7. The minimum Gasteiger partial charge on any atom is -0.493 e.